The molecule has 0 spiro atoms. The van der Waals surface area contributed by atoms with Crippen LogP contribution in [0.25, 0.3) is 5.57 Å². The van der Waals surface area contributed by atoms with Crippen LogP contribution in [-0.2, 0) is 0 Å². The van der Waals surface area contributed by atoms with Crippen LogP contribution in [0.2, 0.25) is 0 Å². The van der Waals surface area contributed by atoms with Crippen molar-refractivity contribution in [2.75, 3.05) is 13.7 Å². The van der Waals surface area contributed by atoms with Gasteiger partial charge in [0, 0.05) is 17.8 Å². The normalized spacial score (nSPS) is 27.5. The molecule has 1 aromatic heterocycles. The highest BCUT2D eigenvalue weighted by Crippen LogP contribution is 2.37. The summed E-state index contributed by atoms with van der Waals surface area (Å²) in [5, 5.41) is 3.63. The standard InChI is InChI=1S/C14H18N2O/c1-17-12-7-11(8-15-9-12)13-5-4-10-3-2-6-16-14(10)13/h5,7-10,14,16H,2-4,6H2,1H3. The fourth-order valence-electron chi connectivity index (χ4n) is 2.96. The molecule has 1 fully saturated rings. The highest BCUT2D eigenvalue weighted by molar-refractivity contribution is 5.72. The zero-order valence-corrected chi connectivity index (χ0v) is 10.1. The maximum absolute atomic E-state index is 5.24. The average Bonchev–Trinajstić information content (AvgIpc) is 2.82. The molecule has 2 unspecified atom stereocenters. The Hall–Kier alpha value is -1.35. The third kappa shape index (κ3) is 1.95. The Balaban J connectivity index is 1.88. The van der Waals surface area contributed by atoms with Crippen LogP contribution < -0.4 is 10.1 Å². The summed E-state index contributed by atoms with van der Waals surface area (Å²) in [6, 6.07) is 2.61. The Morgan fingerprint density at radius 3 is 3.24 bits per heavy atom. The predicted octanol–water partition coefficient (Wildman–Crippen LogP) is 2.25. The Labute approximate surface area is 102 Å². The minimum atomic E-state index is 0.526. The fourth-order valence-corrected chi connectivity index (χ4v) is 2.96. The number of aromatic nitrogens is 1. The number of hydrogen-bond acceptors (Lipinski definition) is 3. The van der Waals surface area contributed by atoms with Crippen molar-refractivity contribution in [1.82, 2.24) is 10.3 Å². The molecule has 1 aromatic rings. The molecule has 1 saturated heterocycles. The number of nitrogens with one attached hydrogen (secondary N) is 1. The minimum absolute atomic E-state index is 0.526. The van der Waals surface area contributed by atoms with Gasteiger partial charge in [0.2, 0.25) is 0 Å². The Kier molecular flexibility index (Phi) is 2.85. The lowest BCUT2D eigenvalue weighted by Gasteiger charge is -2.29. The SMILES string of the molecule is COc1cncc(C2=CCC3CCCNC23)c1. The summed E-state index contributed by atoms with van der Waals surface area (Å²) in [7, 11) is 1.69. The van der Waals surface area contributed by atoms with Crippen LogP contribution in [0, 0.1) is 5.92 Å². The number of piperidine rings is 1. The highest BCUT2D eigenvalue weighted by Gasteiger charge is 2.32. The topological polar surface area (TPSA) is 34.1 Å². The number of hydrogen-bond donors (Lipinski definition) is 1. The van der Waals surface area contributed by atoms with Gasteiger partial charge in [-0.25, -0.2) is 0 Å². The average molecular weight is 230 g/mol. The zero-order chi connectivity index (χ0) is 11.7. The molecule has 0 radical (unpaired) electrons. The smallest absolute Gasteiger partial charge is 0.137 e. The number of rotatable bonds is 2. The van der Waals surface area contributed by atoms with Crippen molar-refractivity contribution in [2.45, 2.75) is 25.3 Å². The summed E-state index contributed by atoms with van der Waals surface area (Å²) in [5.74, 6) is 1.62. The predicted molar refractivity (Wildman–Crippen MR) is 67.9 cm³/mol. The fraction of sp³-hybridized carbons (Fsp3) is 0.500. The second-order valence-electron chi connectivity index (χ2n) is 4.84. The molecule has 0 bridgehead atoms. The lowest BCUT2D eigenvalue weighted by molar-refractivity contribution is 0.345. The minimum Gasteiger partial charge on any atom is -0.495 e. The van der Waals surface area contributed by atoms with Crippen molar-refractivity contribution in [2.24, 2.45) is 5.92 Å². The maximum Gasteiger partial charge on any atom is 0.137 e. The number of nitrogens with zero attached hydrogens (tertiary/aromatic N) is 1. The van der Waals surface area contributed by atoms with Crippen LogP contribution in [0.1, 0.15) is 24.8 Å². The first-order valence-corrected chi connectivity index (χ1v) is 6.31. The molecule has 90 valence electrons. The van der Waals surface area contributed by atoms with E-state index in [9.17, 15) is 0 Å². The van der Waals surface area contributed by atoms with Crippen molar-refractivity contribution in [1.29, 1.82) is 0 Å². The molecule has 0 amide bonds. The van der Waals surface area contributed by atoms with E-state index in [2.05, 4.69) is 22.4 Å². The van der Waals surface area contributed by atoms with Gasteiger partial charge < -0.3 is 10.1 Å². The third-order valence-electron chi connectivity index (χ3n) is 3.85. The molecule has 3 heteroatoms. The van der Waals surface area contributed by atoms with Crippen molar-refractivity contribution < 1.29 is 4.74 Å². The van der Waals surface area contributed by atoms with E-state index in [4.69, 9.17) is 4.74 Å². The van der Waals surface area contributed by atoms with Crippen molar-refractivity contribution in [3.05, 3.63) is 30.1 Å². The third-order valence-corrected chi connectivity index (χ3v) is 3.85. The number of fused-ring (bicyclic) bond motifs is 1. The first-order chi connectivity index (χ1) is 8.38. The van der Waals surface area contributed by atoms with E-state index >= 15 is 0 Å². The molecule has 2 heterocycles. The number of allylic oxidation sites excluding steroid dienone is 1. The van der Waals surface area contributed by atoms with E-state index < -0.39 is 0 Å². The van der Waals surface area contributed by atoms with Gasteiger partial charge in [-0.1, -0.05) is 6.08 Å². The summed E-state index contributed by atoms with van der Waals surface area (Å²) in [6.45, 7) is 1.13. The van der Waals surface area contributed by atoms with E-state index in [1.165, 1.54) is 30.4 Å². The molecule has 1 N–H and O–H groups in total. The Morgan fingerprint density at radius 1 is 1.41 bits per heavy atom. The molecule has 0 aromatic carbocycles. The van der Waals surface area contributed by atoms with E-state index in [-0.39, 0.29) is 0 Å². The first kappa shape index (κ1) is 10.8. The van der Waals surface area contributed by atoms with Crippen LogP contribution in [0.15, 0.2) is 24.5 Å². The summed E-state index contributed by atoms with van der Waals surface area (Å²) in [4.78, 5) is 4.24. The summed E-state index contributed by atoms with van der Waals surface area (Å²) in [6.07, 6.45) is 9.90. The Morgan fingerprint density at radius 2 is 2.35 bits per heavy atom. The summed E-state index contributed by atoms with van der Waals surface area (Å²) in [5.41, 5.74) is 2.60. The van der Waals surface area contributed by atoms with Crippen molar-refractivity contribution in [3.8, 4) is 5.75 Å². The largest absolute Gasteiger partial charge is 0.495 e. The van der Waals surface area contributed by atoms with Gasteiger partial charge in [-0.2, -0.15) is 0 Å². The van der Waals surface area contributed by atoms with Gasteiger partial charge >= 0.3 is 0 Å². The van der Waals surface area contributed by atoms with Crippen molar-refractivity contribution >= 4 is 5.57 Å². The van der Waals surface area contributed by atoms with Crippen LogP contribution in [0.4, 0.5) is 0 Å². The van der Waals surface area contributed by atoms with Gasteiger partial charge in [0.15, 0.2) is 0 Å². The molecule has 2 aliphatic rings. The molecular weight excluding hydrogens is 212 g/mol. The molecule has 3 rings (SSSR count). The lowest BCUT2D eigenvalue weighted by Crippen LogP contribution is -2.39. The van der Waals surface area contributed by atoms with Crippen LogP contribution in [-0.4, -0.2) is 24.7 Å². The van der Waals surface area contributed by atoms with Crippen LogP contribution in [0.5, 0.6) is 5.75 Å². The molecule has 0 saturated carbocycles. The van der Waals surface area contributed by atoms with E-state index in [1.54, 1.807) is 13.3 Å². The van der Waals surface area contributed by atoms with E-state index in [0.717, 1.165) is 18.2 Å². The lowest BCUT2D eigenvalue weighted by atomic mass is 9.89. The van der Waals surface area contributed by atoms with E-state index in [0.29, 0.717) is 6.04 Å². The zero-order valence-electron chi connectivity index (χ0n) is 10.1. The van der Waals surface area contributed by atoms with Crippen LogP contribution in [0.3, 0.4) is 0 Å². The maximum atomic E-state index is 5.24. The number of pyridine rings is 1. The number of ether oxygens (including phenoxy) is 1. The van der Waals surface area contributed by atoms with Gasteiger partial charge in [-0.15, -0.1) is 0 Å². The highest BCUT2D eigenvalue weighted by atomic mass is 16.5. The van der Waals surface area contributed by atoms with Gasteiger partial charge in [0.25, 0.3) is 0 Å². The van der Waals surface area contributed by atoms with Crippen LogP contribution >= 0.6 is 0 Å². The summed E-state index contributed by atoms with van der Waals surface area (Å²) < 4.78 is 5.24. The second-order valence-corrected chi connectivity index (χ2v) is 4.84. The van der Waals surface area contributed by atoms with Gasteiger partial charge in [0.05, 0.1) is 13.3 Å². The molecule has 17 heavy (non-hydrogen) atoms. The first-order valence-electron chi connectivity index (χ1n) is 6.31. The van der Waals surface area contributed by atoms with Gasteiger partial charge in [-0.05, 0) is 43.4 Å². The van der Waals surface area contributed by atoms with Gasteiger partial charge in [0.1, 0.15) is 5.75 Å². The van der Waals surface area contributed by atoms with Crippen molar-refractivity contribution in [3.63, 3.8) is 0 Å². The Bertz CT molecular complexity index is 442. The van der Waals surface area contributed by atoms with Gasteiger partial charge in [-0.3, -0.25) is 4.98 Å². The monoisotopic (exact) mass is 230 g/mol. The molecule has 1 aliphatic carbocycles. The molecular formula is C14H18N2O. The quantitative estimate of drug-likeness (QED) is 0.846. The number of methoxy groups -OCH3 is 1. The summed E-state index contributed by atoms with van der Waals surface area (Å²) >= 11 is 0. The second kappa shape index (κ2) is 4.49. The van der Waals surface area contributed by atoms with E-state index in [1.807, 2.05) is 6.20 Å². The molecule has 1 aliphatic heterocycles. The molecule has 2 atom stereocenters. The molecule has 3 nitrogen and oxygen atoms in total.